The molecule has 152 valence electrons. The molecular weight excluding hydrogens is 372 g/mol. The molecule has 0 radical (unpaired) electrons. The van der Waals surface area contributed by atoms with Crippen LogP contribution in [0.5, 0.6) is 17.2 Å². The van der Waals surface area contributed by atoms with Crippen LogP contribution in [0.25, 0.3) is 10.9 Å². The maximum Gasteiger partial charge on any atom is 0.260 e. The van der Waals surface area contributed by atoms with Crippen molar-refractivity contribution in [1.82, 2.24) is 10.3 Å². The van der Waals surface area contributed by atoms with Gasteiger partial charge in [0.15, 0.2) is 6.10 Å². The van der Waals surface area contributed by atoms with Crippen LogP contribution in [0, 0.1) is 0 Å². The van der Waals surface area contributed by atoms with Gasteiger partial charge in [0, 0.05) is 17.5 Å². The number of para-hydroxylation sites is 1. The van der Waals surface area contributed by atoms with E-state index in [2.05, 4.69) is 10.3 Å². The lowest BCUT2D eigenvalue weighted by molar-refractivity contribution is -0.127. The highest BCUT2D eigenvalue weighted by atomic mass is 16.5. The van der Waals surface area contributed by atoms with E-state index in [1.165, 1.54) is 0 Å². The van der Waals surface area contributed by atoms with Crippen LogP contribution in [0.15, 0.2) is 53.3 Å². The van der Waals surface area contributed by atoms with Crippen molar-refractivity contribution in [1.29, 1.82) is 0 Å². The number of carbonyl (C=O) groups is 1. The molecule has 0 aliphatic heterocycles. The topological polar surface area (TPSA) is 89.7 Å². The van der Waals surface area contributed by atoms with Crippen molar-refractivity contribution in [2.75, 3.05) is 20.8 Å². The third-order valence-electron chi connectivity index (χ3n) is 4.57. The van der Waals surface area contributed by atoms with Gasteiger partial charge in [-0.25, -0.2) is 0 Å². The van der Waals surface area contributed by atoms with Gasteiger partial charge in [-0.3, -0.25) is 9.59 Å². The van der Waals surface area contributed by atoms with E-state index >= 15 is 0 Å². The van der Waals surface area contributed by atoms with Crippen LogP contribution < -0.4 is 25.1 Å². The molecule has 0 saturated carbocycles. The quantitative estimate of drug-likeness (QED) is 0.611. The molecule has 0 saturated heterocycles. The van der Waals surface area contributed by atoms with Gasteiger partial charge >= 0.3 is 0 Å². The summed E-state index contributed by atoms with van der Waals surface area (Å²) in [5.74, 6) is 1.57. The van der Waals surface area contributed by atoms with Gasteiger partial charge in [0.25, 0.3) is 11.5 Å². The molecule has 7 nitrogen and oxygen atoms in total. The van der Waals surface area contributed by atoms with Gasteiger partial charge in [0.05, 0.1) is 19.7 Å². The lowest BCUT2D eigenvalue weighted by Crippen LogP contribution is -2.37. The molecule has 2 N–H and O–H groups in total. The molecule has 0 aliphatic carbocycles. The highest BCUT2D eigenvalue weighted by molar-refractivity contribution is 5.90. The first-order valence-electron chi connectivity index (χ1n) is 9.29. The van der Waals surface area contributed by atoms with Crippen LogP contribution in [0.4, 0.5) is 0 Å². The minimum atomic E-state index is -0.642. The van der Waals surface area contributed by atoms with E-state index < -0.39 is 6.10 Å². The molecule has 1 heterocycles. The molecule has 0 bridgehead atoms. The van der Waals surface area contributed by atoms with Gasteiger partial charge in [0.2, 0.25) is 0 Å². The van der Waals surface area contributed by atoms with E-state index in [0.717, 1.165) is 5.39 Å². The van der Waals surface area contributed by atoms with Crippen LogP contribution in [0.3, 0.4) is 0 Å². The monoisotopic (exact) mass is 396 g/mol. The highest BCUT2D eigenvalue weighted by Gasteiger charge is 2.15. The van der Waals surface area contributed by atoms with Crippen LogP contribution in [-0.2, 0) is 11.2 Å². The number of carbonyl (C=O) groups excluding carboxylic acids is 1. The summed E-state index contributed by atoms with van der Waals surface area (Å²) in [6.07, 6.45) is -0.272. The molecule has 7 heteroatoms. The second-order valence-electron chi connectivity index (χ2n) is 6.50. The van der Waals surface area contributed by atoms with E-state index in [-0.39, 0.29) is 11.5 Å². The van der Waals surface area contributed by atoms with Gasteiger partial charge in [0.1, 0.15) is 17.2 Å². The van der Waals surface area contributed by atoms with Crippen molar-refractivity contribution in [2.45, 2.75) is 19.4 Å². The Labute approximate surface area is 168 Å². The molecule has 1 amide bonds. The van der Waals surface area contributed by atoms with Crippen molar-refractivity contribution in [3.05, 3.63) is 64.4 Å². The van der Waals surface area contributed by atoms with E-state index in [4.69, 9.17) is 14.2 Å². The Morgan fingerprint density at radius 2 is 1.76 bits per heavy atom. The zero-order valence-corrected chi connectivity index (χ0v) is 16.7. The third kappa shape index (κ3) is 4.68. The summed E-state index contributed by atoms with van der Waals surface area (Å²) >= 11 is 0. The average Bonchev–Trinajstić information content (AvgIpc) is 2.74. The Bertz CT molecular complexity index is 1050. The van der Waals surface area contributed by atoms with Gasteiger partial charge in [-0.2, -0.15) is 0 Å². The molecule has 29 heavy (non-hydrogen) atoms. The van der Waals surface area contributed by atoms with Crippen molar-refractivity contribution >= 4 is 16.8 Å². The standard InChI is InChI=1S/C22H24N2O5/c1-14(29-16-7-5-4-6-8-16)21(25)23-12-11-15-13-17-18(27-2)9-10-19(28-3)20(17)24-22(15)26/h4-10,13-14H,11-12H2,1-3H3,(H,23,25)(H,24,26)/t14-/m1/s1. The summed E-state index contributed by atoms with van der Waals surface area (Å²) in [4.78, 5) is 27.6. The number of fused-ring (bicyclic) bond motifs is 1. The fourth-order valence-corrected chi connectivity index (χ4v) is 3.04. The molecule has 0 unspecified atom stereocenters. The van der Waals surface area contributed by atoms with Crippen molar-refractivity contribution < 1.29 is 19.0 Å². The second-order valence-corrected chi connectivity index (χ2v) is 6.50. The normalized spacial score (nSPS) is 11.7. The van der Waals surface area contributed by atoms with Gasteiger partial charge in [-0.15, -0.1) is 0 Å². The van der Waals surface area contributed by atoms with Gasteiger partial charge in [-0.1, -0.05) is 18.2 Å². The number of H-pyrrole nitrogens is 1. The summed E-state index contributed by atoms with van der Waals surface area (Å²) in [7, 11) is 3.11. The SMILES string of the molecule is COc1ccc(OC)c2[nH]c(=O)c(CCNC(=O)[C@@H](C)Oc3ccccc3)cc12. The smallest absolute Gasteiger partial charge is 0.260 e. The van der Waals surface area contributed by atoms with Gasteiger partial charge in [-0.05, 0) is 43.7 Å². The molecule has 0 spiro atoms. The number of methoxy groups -OCH3 is 2. The summed E-state index contributed by atoms with van der Waals surface area (Å²) < 4.78 is 16.3. The lowest BCUT2D eigenvalue weighted by Gasteiger charge is -2.15. The van der Waals surface area contributed by atoms with Crippen LogP contribution >= 0.6 is 0 Å². The number of hydrogen-bond acceptors (Lipinski definition) is 5. The zero-order valence-electron chi connectivity index (χ0n) is 16.7. The molecular formula is C22H24N2O5. The molecule has 3 aromatic rings. The Hall–Kier alpha value is -3.48. The predicted octanol–water partition coefficient (Wildman–Crippen LogP) is 2.67. The molecule has 0 aliphatic rings. The molecule has 3 rings (SSSR count). The van der Waals surface area contributed by atoms with E-state index in [0.29, 0.717) is 41.3 Å². The first-order chi connectivity index (χ1) is 14.0. The molecule has 1 aromatic heterocycles. The fourth-order valence-electron chi connectivity index (χ4n) is 3.04. The number of pyridine rings is 1. The zero-order chi connectivity index (χ0) is 20.8. The number of aromatic amines is 1. The summed E-state index contributed by atoms with van der Waals surface area (Å²) in [6, 6.07) is 14.4. The Morgan fingerprint density at radius 1 is 1.07 bits per heavy atom. The first-order valence-corrected chi connectivity index (χ1v) is 9.29. The number of aromatic nitrogens is 1. The maximum absolute atomic E-state index is 12.5. The van der Waals surface area contributed by atoms with Crippen molar-refractivity contribution in [3.63, 3.8) is 0 Å². The Kier molecular flexibility index (Phi) is 6.39. The van der Waals surface area contributed by atoms with E-state index in [1.807, 2.05) is 18.2 Å². The second kappa shape index (κ2) is 9.14. The number of nitrogens with one attached hydrogen (secondary N) is 2. The van der Waals surface area contributed by atoms with E-state index in [9.17, 15) is 9.59 Å². The Balaban J connectivity index is 1.68. The van der Waals surface area contributed by atoms with Gasteiger partial charge < -0.3 is 24.5 Å². The number of hydrogen-bond donors (Lipinski definition) is 2. The number of amides is 1. The van der Waals surface area contributed by atoms with Crippen LogP contribution in [-0.4, -0.2) is 37.8 Å². The third-order valence-corrected chi connectivity index (χ3v) is 4.57. The first kappa shape index (κ1) is 20.3. The largest absolute Gasteiger partial charge is 0.496 e. The number of rotatable bonds is 8. The summed E-state index contributed by atoms with van der Waals surface area (Å²) in [6.45, 7) is 1.99. The van der Waals surface area contributed by atoms with Crippen molar-refractivity contribution in [3.8, 4) is 17.2 Å². The maximum atomic E-state index is 12.5. The highest BCUT2D eigenvalue weighted by Crippen LogP contribution is 2.31. The molecule has 0 fully saturated rings. The number of ether oxygens (including phenoxy) is 3. The Morgan fingerprint density at radius 3 is 2.45 bits per heavy atom. The van der Waals surface area contributed by atoms with Crippen LogP contribution in [0.1, 0.15) is 12.5 Å². The fraction of sp³-hybridized carbons (Fsp3) is 0.273. The van der Waals surface area contributed by atoms with Crippen LogP contribution in [0.2, 0.25) is 0 Å². The molecule has 1 atom stereocenters. The number of benzene rings is 2. The summed E-state index contributed by atoms with van der Waals surface area (Å²) in [5, 5.41) is 3.55. The van der Waals surface area contributed by atoms with Crippen molar-refractivity contribution in [2.24, 2.45) is 0 Å². The average molecular weight is 396 g/mol. The summed E-state index contributed by atoms with van der Waals surface area (Å²) in [5.41, 5.74) is 0.891. The molecule has 2 aromatic carbocycles. The van der Waals surface area contributed by atoms with E-state index in [1.54, 1.807) is 51.5 Å². The lowest BCUT2D eigenvalue weighted by atomic mass is 10.1. The minimum Gasteiger partial charge on any atom is -0.496 e. The predicted molar refractivity (Wildman–Crippen MR) is 111 cm³/mol. The minimum absolute atomic E-state index is 0.230.